The van der Waals surface area contributed by atoms with Gasteiger partial charge in [0.2, 0.25) is 0 Å². The number of rotatable bonds is 2. The zero-order valence-electron chi connectivity index (χ0n) is 12.2. The van der Waals surface area contributed by atoms with Crippen molar-refractivity contribution in [3.63, 3.8) is 0 Å². The second kappa shape index (κ2) is 7.38. The van der Waals surface area contributed by atoms with E-state index in [1.54, 1.807) is 6.07 Å². The Morgan fingerprint density at radius 3 is 2.38 bits per heavy atom. The molecule has 4 nitrogen and oxygen atoms in total. The number of pyridine rings is 1. The highest BCUT2D eigenvalue weighted by Crippen LogP contribution is 2.35. The molecule has 0 aromatic carbocycles. The lowest BCUT2D eigenvalue weighted by atomic mass is 9.92. The molecule has 2 rings (SSSR count). The number of carboxylic acid groups (broad SMARTS) is 1. The van der Waals surface area contributed by atoms with Gasteiger partial charge in [-0.25, -0.2) is 4.39 Å². The van der Waals surface area contributed by atoms with Gasteiger partial charge in [-0.15, -0.1) is 24.8 Å². The van der Waals surface area contributed by atoms with Crippen LogP contribution in [0.15, 0.2) is 18.3 Å². The van der Waals surface area contributed by atoms with Crippen molar-refractivity contribution in [1.82, 2.24) is 9.88 Å². The highest BCUT2D eigenvalue weighted by atomic mass is 35.5. The highest BCUT2D eigenvalue weighted by Gasteiger charge is 2.42. The van der Waals surface area contributed by atoms with Gasteiger partial charge in [0, 0.05) is 30.2 Å². The lowest BCUT2D eigenvalue weighted by Gasteiger charge is -2.31. The van der Waals surface area contributed by atoms with Crippen LogP contribution in [0.1, 0.15) is 32.4 Å². The summed E-state index contributed by atoms with van der Waals surface area (Å²) >= 11 is 0. The number of carbonyl (C=O) groups is 1. The quantitative estimate of drug-likeness (QED) is 0.900. The first-order valence-electron chi connectivity index (χ1n) is 6.38. The number of likely N-dealkylation sites (tertiary alicyclic amines) is 1. The van der Waals surface area contributed by atoms with E-state index in [0.717, 1.165) is 6.20 Å². The van der Waals surface area contributed by atoms with Crippen LogP contribution >= 0.6 is 24.8 Å². The minimum atomic E-state index is -0.817. The summed E-state index contributed by atoms with van der Waals surface area (Å²) in [6.45, 7) is 7.33. The molecule has 2 unspecified atom stereocenters. The lowest BCUT2D eigenvalue weighted by Crippen LogP contribution is -2.40. The molecule has 0 saturated carbocycles. The lowest BCUT2D eigenvalue weighted by molar-refractivity contribution is -0.141. The van der Waals surface area contributed by atoms with Crippen LogP contribution in [-0.4, -0.2) is 39.6 Å². The average molecular weight is 339 g/mol. The van der Waals surface area contributed by atoms with Crippen molar-refractivity contribution >= 4 is 30.8 Å². The topological polar surface area (TPSA) is 53.4 Å². The predicted molar refractivity (Wildman–Crippen MR) is 83.9 cm³/mol. The number of hydrogen-bond acceptors (Lipinski definition) is 3. The Kier molecular flexibility index (Phi) is 7.06. The summed E-state index contributed by atoms with van der Waals surface area (Å²) < 4.78 is 12.9. The van der Waals surface area contributed by atoms with Crippen LogP contribution < -0.4 is 0 Å². The summed E-state index contributed by atoms with van der Waals surface area (Å²) in [7, 11) is 0. The van der Waals surface area contributed by atoms with Crippen molar-refractivity contribution in [3.8, 4) is 0 Å². The second-order valence-corrected chi connectivity index (χ2v) is 6.03. The van der Waals surface area contributed by atoms with Gasteiger partial charge >= 0.3 is 5.97 Å². The maximum absolute atomic E-state index is 12.9. The fourth-order valence-electron chi connectivity index (χ4n) is 2.51. The fourth-order valence-corrected chi connectivity index (χ4v) is 2.51. The van der Waals surface area contributed by atoms with Gasteiger partial charge in [0.25, 0.3) is 0 Å². The van der Waals surface area contributed by atoms with E-state index in [1.807, 2.05) is 0 Å². The molecule has 0 spiro atoms. The number of hydrogen-bond donors (Lipinski definition) is 1. The van der Waals surface area contributed by atoms with Crippen molar-refractivity contribution in [2.45, 2.75) is 32.2 Å². The first-order valence-corrected chi connectivity index (χ1v) is 6.38. The summed E-state index contributed by atoms with van der Waals surface area (Å²) in [6, 6.07) is 2.92. The molecule has 21 heavy (non-hydrogen) atoms. The molecule has 0 bridgehead atoms. The van der Waals surface area contributed by atoms with Crippen molar-refractivity contribution in [1.29, 1.82) is 0 Å². The first kappa shape index (κ1) is 20.1. The first-order chi connectivity index (χ1) is 8.79. The Morgan fingerprint density at radius 2 is 1.95 bits per heavy atom. The van der Waals surface area contributed by atoms with Gasteiger partial charge in [-0.3, -0.25) is 14.7 Å². The molecule has 1 aliphatic heterocycles. The highest BCUT2D eigenvalue weighted by molar-refractivity contribution is 5.85. The van der Waals surface area contributed by atoms with Crippen LogP contribution in [0.25, 0.3) is 0 Å². The number of halogens is 3. The van der Waals surface area contributed by atoms with E-state index >= 15 is 0 Å². The Morgan fingerprint density at radius 1 is 1.33 bits per heavy atom. The van der Waals surface area contributed by atoms with E-state index in [-0.39, 0.29) is 36.3 Å². The van der Waals surface area contributed by atoms with E-state index < -0.39 is 17.7 Å². The SMILES string of the molecule is CC(C)(C)N1CC(C(=O)O)C(c2ccc(F)cn2)C1.Cl.Cl. The van der Waals surface area contributed by atoms with Crippen molar-refractivity contribution < 1.29 is 14.3 Å². The molecule has 1 aromatic rings. The Bertz CT molecular complexity index is 477. The van der Waals surface area contributed by atoms with E-state index in [0.29, 0.717) is 18.8 Å². The number of aromatic nitrogens is 1. The molecule has 1 saturated heterocycles. The van der Waals surface area contributed by atoms with Crippen LogP contribution in [-0.2, 0) is 4.79 Å². The van der Waals surface area contributed by atoms with Crippen LogP contribution in [0, 0.1) is 11.7 Å². The van der Waals surface area contributed by atoms with Gasteiger partial charge in [0.15, 0.2) is 0 Å². The maximum atomic E-state index is 12.9. The fraction of sp³-hybridized carbons (Fsp3) is 0.571. The van der Waals surface area contributed by atoms with Crippen LogP contribution in [0.3, 0.4) is 0 Å². The third-order valence-electron chi connectivity index (χ3n) is 3.72. The van der Waals surface area contributed by atoms with Crippen molar-refractivity contribution in [3.05, 3.63) is 29.8 Å². The molecule has 7 heteroatoms. The molecule has 1 N–H and O–H groups in total. The molecular formula is C14H21Cl2FN2O2. The molecule has 120 valence electrons. The second-order valence-electron chi connectivity index (χ2n) is 6.03. The third-order valence-corrected chi connectivity index (χ3v) is 3.72. The van der Waals surface area contributed by atoms with E-state index in [4.69, 9.17) is 0 Å². The Balaban J connectivity index is 0.00000200. The molecular weight excluding hydrogens is 318 g/mol. The Hall–Kier alpha value is -0.910. The average Bonchev–Trinajstić information content (AvgIpc) is 2.74. The molecule has 0 amide bonds. The van der Waals surface area contributed by atoms with Crippen molar-refractivity contribution in [2.24, 2.45) is 5.92 Å². The Labute approximate surface area is 136 Å². The number of nitrogens with zero attached hydrogens (tertiary/aromatic N) is 2. The van der Waals surface area contributed by atoms with E-state index in [2.05, 4.69) is 30.7 Å². The summed E-state index contributed by atoms with van der Waals surface area (Å²) in [6.07, 6.45) is 1.15. The predicted octanol–water partition coefficient (Wildman–Crippen LogP) is 2.96. The third kappa shape index (κ3) is 4.53. The minimum absolute atomic E-state index is 0. The molecule has 0 radical (unpaired) electrons. The zero-order valence-corrected chi connectivity index (χ0v) is 13.9. The number of aliphatic carboxylic acids is 1. The largest absolute Gasteiger partial charge is 0.481 e. The van der Waals surface area contributed by atoms with Gasteiger partial charge in [-0.1, -0.05) is 0 Å². The van der Waals surface area contributed by atoms with Gasteiger partial charge in [0.1, 0.15) is 5.82 Å². The normalized spacial score (nSPS) is 22.3. The molecule has 0 aliphatic carbocycles. The molecule has 1 aliphatic rings. The maximum Gasteiger partial charge on any atom is 0.308 e. The molecule has 2 heterocycles. The standard InChI is InChI=1S/C14H19FN2O2.2ClH/c1-14(2,3)17-7-10(11(8-17)13(18)19)12-5-4-9(15)6-16-12;;/h4-6,10-11H,7-8H2,1-3H3,(H,18,19);2*1H. The monoisotopic (exact) mass is 338 g/mol. The van der Waals surface area contributed by atoms with Crippen molar-refractivity contribution in [2.75, 3.05) is 13.1 Å². The minimum Gasteiger partial charge on any atom is -0.481 e. The van der Waals surface area contributed by atoms with Gasteiger partial charge in [-0.2, -0.15) is 0 Å². The van der Waals surface area contributed by atoms with Gasteiger partial charge in [0.05, 0.1) is 12.1 Å². The van der Waals surface area contributed by atoms with Crippen LogP contribution in [0.5, 0.6) is 0 Å². The van der Waals surface area contributed by atoms with Crippen LogP contribution in [0.2, 0.25) is 0 Å². The summed E-state index contributed by atoms with van der Waals surface area (Å²) in [5.41, 5.74) is 0.572. The summed E-state index contributed by atoms with van der Waals surface area (Å²) in [5.74, 6) is -1.89. The zero-order chi connectivity index (χ0) is 14.2. The molecule has 1 aromatic heterocycles. The summed E-state index contributed by atoms with van der Waals surface area (Å²) in [5, 5.41) is 9.35. The smallest absolute Gasteiger partial charge is 0.308 e. The van der Waals surface area contributed by atoms with E-state index in [1.165, 1.54) is 6.07 Å². The van der Waals surface area contributed by atoms with Gasteiger partial charge in [-0.05, 0) is 32.9 Å². The summed E-state index contributed by atoms with van der Waals surface area (Å²) in [4.78, 5) is 17.6. The van der Waals surface area contributed by atoms with E-state index in [9.17, 15) is 14.3 Å². The van der Waals surface area contributed by atoms with Gasteiger partial charge < -0.3 is 5.11 Å². The molecule has 1 fully saturated rings. The molecule has 2 atom stereocenters. The number of carboxylic acids is 1. The van der Waals surface area contributed by atoms with Crippen LogP contribution in [0.4, 0.5) is 4.39 Å².